The third-order valence-electron chi connectivity index (χ3n) is 14.0. The summed E-state index contributed by atoms with van der Waals surface area (Å²) in [6.45, 7) is 0. The molecule has 10 aromatic carbocycles. The predicted octanol–water partition coefficient (Wildman–Crippen LogP) is 15.8. The van der Waals surface area contributed by atoms with Crippen LogP contribution in [0.5, 0.6) is 0 Å². The van der Waals surface area contributed by atoms with Crippen molar-refractivity contribution in [2.24, 2.45) is 0 Å². The molecule has 0 radical (unpaired) electrons. The maximum Gasteiger partial charge on any atom is 0.135 e. The highest BCUT2D eigenvalue weighted by Gasteiger charge is 2.57. The molecule has 1 aromatic heterocycles. The summed E-state index contributed by atoms with van der Waals surface area (Å²) in [6.07, 6.45) is 0. The Morgan fingerprint density at radius 1 is 0.297 bits per heavy atom. The fourth-order valence-corrected chi connectivity index (χ4v) is 11.4. The molecule has 13 rings (SSSR count). The maximum atomic E-state index is 6.31. The van der Waals surface area contributed by atoms with Crippen molar-refractivity contribution in [1.29, 1.82) is 0 Å². The van der Waals surface area contributed by atoms with Gasteiger partial charge in [-0.15, -0.1) is 0 Å². The second kappa shape index (κ2) is 14.2. The number of para-hydroxylation sites is 1. The van der Waals surface area contributed by atoms with Crippen molar-refractivity contribution < 1.29 is 4.42 Å². The summed E-state index contributed by atoms with van der Waals surface area (Å²) in [6, 6.07) is 91.5. The Kier molecular flexibility index (Phi) is 8.07. The average Bonchev–Trinajstić information content (AvgIpc) is 3.90. The zero-order valence-corrected chi connectivity index (χ0v) is 35.0. The van der Waals surface area contributed by atoms with Crippen LogP contribution in [-0.4, -0.2) is 0 Å². The van der Waals surface area contributed by atoms with E-state index in [-0.39, 0.29) is 0 Å². The molecule has 0 fully saturated rings. The van der Waals surface area contributed by atoms with Crippen molar-refractivity contribution in [2.45, 2.75) is 10.8 Å². The molecule has 64 heavy (non-hydrogen) atoms. The predicted molar refractivity (Wildman–Crippen MR) is 263 cm³/mol. The molecule has 0 saturated heterocycles. The second-order valence-corrected chi connectivity index (χ2v) is 17.1. The van der Waals surface area contributed by atoms with E-state index in [1.54, 1.807) is 0 Å². The van der Waals surface area contributed by atoms with Crippen molar-refractivity contribution in [2.75, 3.05) is 4.90 Å². The number of benzene rings is 10. The van der Waals surface area contributed by atoms with Gasteiger partial charge in [-0.25, -0.2) is 0 Å². The molecular weight excluding hydrogens is 775 g/mol. The number of fused-ring (bicyclic) bond motifs is 8. The lowest BCUT2D eigenvalue weighted by Gasteiger charge is -2.49. The van der Waals surface area contributed by atoms with Gasteiger partial charge in [0.25, 0.3) is 0 Å². The molecule has 0 saturated carbocycles. The van der Waals surface area contributed by atoms with Gasteiger partial charge < -0.3 is 9.32 Å². The quantitative estimate of drug-likeness (QED) is 0.159. The van der Waals surface area contributed by atoms with Crippen molar-refractivity contribution in [3.63, 3.8) is 0 Å². The van der Waals surface area contributed by atoms with E-state index in [1.165, 1.54) is 66.8 Å². The van der Waals surface area contributed by atoms with E-state index in [2.05, 4.69) is 241 Å². The Balaban J connectivity index is 1.05. The Labute approximate surface area is 373 Å². The molecule has 0 spiro atoms. The van der Waals surface area contributed by atoms with Crippen molar-refractivity contribution in [1.82, 2.24) is 0 Å². The lowest BCUT2D eigenvalue weighted by atomic mass is 9.52. The molecule has 0 bridgehead atoms. The first-order valence-corrected chi connectivity index (χ1v) is 22.2. The minimum absolute atomic E-state index is 0.489. The fourth-order valence-electron chi connectivity index (χ4n) is 11.4. The van der Waals surface area contributed by atoms with E-state index in [1.807, 2.05) is 12.1 Å². The zero-order valence-electron chi connectivity index (χ0n) is 35.0. The van der Waals surface area contributed by atoms with E-state index in [0.29, 0.717) is 0 Å². The van der Waals surface area contributed by atoms with Gasteiger partial charge in [0.1, 0.15) is 11.2 Å². The number of hydrogen-bond donors (Lipinski definition) is 0. The molecule has 1 heterocycles. The Bertz CT molecular complexity index is 3540. The standard InChI is InChI=1S/C62H41NO/c1-4-17-42(18-5-1)43-31-35-47(36-32-43)63(49-39-40-59-53(41-49)51-24-11-15-30-58(51)64-59)48-37-33-46(34-38-48)61(44-19-6-2-7-20-44)55-27-13-14-28-56(55)62(45-21-8-3-9-22-45)54-26-12-10-23-50(54)52-25-16-29-57(61)60(52)62/h1-41H. The van der Waals surface area contributed by atoms with Crippen LogP contribution in [0.3, 0.4) is 0 Å². The van der Waals surface area contributed by atoms with Crippen LogP contribution in [0.4, 0.5) is 17.1 Å². The van der Waals surface area contributed by atoms with E-state index < -0.39 is 10.8 Å². The normalized spacial score (nSPS) is 16.9. The topological polar surface area (TPSA) is 16.4 Å². The van der Waals surface area contributed by atoms with Gasteiger partial charge in [0.2, 0.25) is 0 Å². The lowest BCUT2D eigenvalue weighted by Crippen LogP contribution is -2.44. The number of nitrogens with zero attached hydrogens (tertiary/aromatic N) is 1. The molecule has 2 aliphatic rings. The first-order chi connectivity index (χ1) is 31.7. The summed E-state index contributed by atoms with van der Waals surface area (Å²) < 4.78 is 6.31. The molecule has 0 aliphatic heterocycles. The number of anilines is 3. The van der Waals surface area contributed by atoms with Gasteiger partial charge in [0.05, 0.1) is 10.8 Å². The van der Waals surface area contributed by atoms with Gasteiger partial charge in [-0.3, -0.25) is 0 Å². The van der Waals surface area contributed by atoms with Crippen molar-refractivity contribution in [3.05, 3.63) is 293 Å². The minimum atomic E-state index is -0.626. The maximum absolute atomic E-state index is 6.31. The van der Waals surface area contributed by atoms with Crippen LogP contribution in [0.2, 0.25) is 0 Å². The largest absolute Gasteiger partial charge is 0.456 e. The van der Waals surface area contributed by atoms with Gasteiger partial charge in [-0.1, -0.05) is 200 Å². The first-order valence-electron chi connectivity index (χ1n) is 22.2. The molecule has 2 unspecified atom stereocenters. The Morgan fingerprint density at radius 2 is 0.781 bits per heavy atom. The van der Waals surface area contributed by atoms with Crippen LogP contribution in [0.15, 0.2) is 253 Å². The van der Waals surface area contributed by atoms with Gasteiger partial charge in [0, 0.05) is 27.8 Å². The van der Waals surface area contributed by atoms with Crippen LogP contribution >= 0.6 is 0 Å². The van der Waals surface area contributed by atoms with E-state index in [4.69, 9.17) is 4.42 Å². The van der Waals surface area contributed by atoms with Crippen LogP contribution < -0.4 is 4.90 Å². The van der Waals surface area contributed by atoms with Crippen molar-refractivity contribution >= 4 is 39.0 Å². The monoisotopic (exact) mass is 815 g/mol. The lowest BCUT2D eigenvalue weighted by molar-refractivity contribution is 0.626. The van der Waals surface area contributed by atoms with Crippen LogP contribution in [0.1, 0.15) is 44.5 Å². The molecule has 11 aromatic rings. The van der Waals surface area contributed by atoms with Gasteiger partial charge in [0.15, 0.2) is 0 Å². The molecular formula is C62H41NO. The fraction of sp³-hybridized carbons (Fsp3) is 0.0323. The number of rotatable bonds is 7. The summed E-state index contributed by atoms with van der Waals surface area (Å²) in [5.41, 5.74) is 19.2. The average molecular weight is 816 g/mol. The third-order valence-corrected chi connectivity index (χ3v) is 14.0. The first kappa shape index (κ1) is 36.5. The highest BCUT2D eigenvalue weighted by Crippen LogP contribution is 2.65. The SMILES string of the molecule is c1ccc(-c2ccc(N(c3ccc(C4(c5ccccc5)c5ccccc5C5(c6ccccc6)c6ccccc6-c6cccc4c65)cc3)c3ccc4oc5ccccc5c4c3)cc2)cc1. The van der Waals surface area contributed by atoms with Gasteiger partial charge in [-0.05, 0) is 115 Å². The smallest absolute Gasteiger partial charge is 0.135 e. The van der Waals surface area contributed by atoms with E-state index in [0.717, 1.165) is 39.0 Å². The highest BCUT2D eigenvalue weighted by molar-refractivity contribution is 6.06. The summed E-state index contributed by atoms with van der Waals surface area (Å²) >= 11 is 0. The zero-order chi connectivity index (χ0) is 42.2. The summed E-state index contributed by atoms with van der Waals surface area (Å²) in [5, 5.41) is 2.21. The molecule has 300 valence electrons. The minimum Gasteiger partial charge on any atom is -0.456 e. The van der Waals surface area contributed by atoms with Crippen LogP contribution in [0.25, 0.3) is 44.2 Å². The molecule has 0 amide bonds. The van der Waals surface area contributed by atoms with Crippen LogP contribution in [0, 0.1) is 0 Å². The number of furan rings is 1. The second-order valence-electron chi connectivity index (χ2n) is 17.1. The Morgan fingerprint density at radius 3 is 1.50 bits per heavy atom. The van der Waals surface area contributed by atoms with Gasteiger partial charge in [-0.2, -0.15) is 0 Å². The molecule has 0 N–H and O–H groups in total. The van der Waals surface area contributed by atoms with Gasteiger partial charge >= 0.3 is 0 Å². The molecule has 2 aliphatic carbocycles. The van der Waals surface area contributed by atoms with E-state index in [9.17, 15) is 0 Å². The molecule has 2 nitrogen and oxygen atoms in total. The highest BCUT2D eigenvalue weighted by atomic mass is 16.3. The summed E-state index contributed by atoms with van der Waals surface area (Å²) in [4.78, 5) is 2.38. The summed E-state index contributed by atoms with van der Waals surface area (Å²) in [5.74, 6) is 0. The number of hydrogen-bond acceptors (Lipinski definition) is 2. The third kappa shape index (κ3) is 5.08. The van der Waals surface area contributed by atoms with Crippen molar-refractivity contribution in [3.8, 4) is 22.3 Å². The van der Waals surface area contributed by atoms with Crippen LogP contribution in [-0.2, 0) is 10.8 Å². The Hall–Kier alpha value is -8.20. The summed E-state index contributed by atoms with van der Waals surface area (Å²) in [7, 11) is 0. The van der Waals surface area contributed by atoms with E-state index >= 15 is 0 Å². The molecule has 2 heteroatoms. The molecule has 2 atom stereocenters.